The van der Waals surface area contributed by atoms with Crippen molar-refractivity contribution < 1.29 is 9.53 Å². The number of nitrogens with one attached hydrogen (secondary N) is 1. The number of carbonyl (C=O) groups is 1. The molecule has 0 aliphatic carbocycles. The third kappa shape index (κ3) is 5.33. The standard InChI is InChI=1S/C27H36N4O2/c1-29(2)25-16-20-11-15-31(27(32)18-22(20)17-26(25)33-4)13-7-12-30(3)14-10-21-19-28-24-9-6-5-8-23(21)24/h5-6,8-9,16-17,19,28H,7,10-15,18H2,1-4H3. The Hall–Kier alpha value is -2.99. The van der Waals surface area contributed by atoms with Gasteiger partial charge in [0.1, 0.15) is 5.75 Å². The second-order valence-electron chi connectivity index (χ2n) is 9.26. The summed E-state index contributed by atoms with van der Waals surface area (Å²) in [6.07, 6.45) is 5.48. The monoisotopic (exact) mass is 448 g/mol. The largest absolute Gasteiger partial charge is 0.495 e. The van der Waals surface area contributed by atoms with Gasteiger partial charge in [0.15, 0.2) is 0 Å². The van der Waals surface area contributed by atoms with Crippen LogP contribution in [0.1, 0.15) is 23.1 Å². The summed E-state index contributed by atoms with van der Waals surface area (Å²) >= 11 is 0. The normalized spacial score (nSPS) is 14.0. The lowest BCUT2D eigenvalue weighted by Crippen LogP contribution is -2.35. The van der Waals surface area contributed by atoms with Gasteiger partial charge in [-0.15, -0.1) is 0 Å². The van der Waals surface area contributed by atoms with Crippen LogP contribution in [0.2, 0.25) is 0 Å². The summed E-state index contributed by atoms with van der Waals surface area (Å²) < 4.78 is 5.57. The van der Waals surface area contributed by atoms with E-state index in [1.165, 1.54) is 22.0 Å². The summed E-state index contributed by atoms with van der Waals surface area (Å²) in [5, 5.41) is 1.31. The number of nitrogens with zero attached hydrogens (tertiary/aromatic N) is 3. The third-order valence-corrected chi connectivity index (χ3v) is 6.73. The molecule has 0 unspecified atom stereocenters. The molecule has 0 saturated carbocycles. The highest BCUT2D eigenvalue weighted by atomic mass is 16.5. The van der Waals surface area contributed by atoms with Gasteiger partial charge in [-0.25, -0.2) is 0 Å². The number of aromatic nitrogens is 1. The van der Waals surface area contributed by atoms with E-state index in [4.69, 9.17) is 4.74 Å². The number of anilines is 1. The van der Waals surface area contributed by atoms with E-state index < -0.39 is 0 Å². The van der Waals surface area contributed by atoms with Crippen molar-refractivity contribution >= 4 is 22.5 Å². The first-order valence-corrected chi connectivity index (χ1v) is 11.8. The Kier molecular flexibility index (Phi) is 7.23. The Morgan fingerprint density at radius 3 is 2.70 bits per heavy atom. The lowest BCUT2D eigenvalue weighted by atomic mass is 10.0. The molecule has 1 amide bonds. The van der Waals surface area contributed by atoms with Crippen molar-refractivity contribution in [2.24, 2.45) is 0 Å². The second-order valence-corrected chi connectivity index (χ2v) is 9.26. The molecule has 0 bridgehead atoms. The fourth-order valence-electron chi connectivity index (χ4n) is 4.75. The molecule has 176 valence electrons. The van der Waals surface area contributed by atoms with Gasteiger partial charge in [-0.2, -0.15) is 0 Å². The van der Waals surface area contributed by atoms with E-state index in [0.717, 1.165) is 62.4 Å². The van der Waals surface area contributed by atoms with Gasteiger partial charge < -0.3 is 24.4 Å². The molecular formula is C27H36N4O2. The maximum Gasteiger partial charge on any atom is 0.227 e. The molecule has 0 atom stereocenters. The zero-order valence-electron chi connectivity index (χ0n) is 20.4. The SMILES string of the molecule is COc1cc2c(cc1N(C)C)CCN(CCCN(C)CCc1c[nH]c3ccccc13)C(=O)C2. The van der Waals surface area contributed by atoms with Crippen LogP contribution in [0.25, 0.3) is 10.9 Å². The molecule has 6 nitrogen and oxygen atoms in total. The van der Waals surface area contributed by atoms with Gasteiger partial charge in [0.05, 0.1) is 19.2 Å². The number of carbonyl (C=O) groups excluding carboxylic acids is 1. The molecule has 1 aliphatic rings. The minimum Gasteiger partial charge on any atom is -0.495 e. The zero-order valence-corrected chi connectivity index (χ0v) is 20.4. The Morgan fingerprint density at radius 2 is 1.91 bits per heavy atom. The fraction of sp³-hybridized carbons (Fsp3) is 0.444. The number of methoxy groups -OCH3 is 1. The van der Waals surface area contributed by atoms with E-state index in [-0.39, 0.29) is 5.91 Å². The van der Waals surface area contributed by atoms with E-state index >= 15 is 0 Å². The minimum absolute atomic E-state index is 0.217. The highest BCUT2D eigenvalue weighted by molar-refractivity contribution is 5.83. The molecular weight excluding hydrogens is 412 g/mol. The molecule has 6 heteroatoms. The molecule has 2 heterocycles. The lowest BCUT2D eigenvalue weighted by Gasteiger charge is -2.22. The van der Waals surface area contributed by atoms with Crippen LogP contribution in [0.5, 0.6) is 5.75 Å². The van der Waals surface area contributed by atoms with Gasteiger partial charge in [-0.1, -0.05) is 18.2 Å². The summed E-state index contributed by atoms with van der Waals surface area (Å²) in [5.41, 5.74) is 5.98. The number of ether oxygens (including phenoxy) is 1. The van der Waals surface area contributed by atoms with Crippen molar-refractivity contribution in [2.45, 2.75) is 25.7 Å². The maximum atomic E-state index is 12.9. The van der Waals surface area contributed by atoms with Crippen LogP contribution in [0.4, 0.5) is 5.69 Å². The highest BCUT2D eigenvalue weighted by Gasteiger charge is 2.22. The number of hydrogen-bond donors (Lipinski definition) is 1. The average molecular weight is 449 g/mol. The van der Waals surface area contributed by atoms with Gasteiger partial charge in [-0.05, 0) is 67.7 Å². The van der Waals surface area contributed by atoms with Crippen LogP contribution >= 0.6 is 0 Å². The van der Waals surface area contributed by atoms with Crippen molar-refractivity contribution in [1.29, 1.82) is 0 Å². The van der Waals surface area contributed by atoms with E-state index in [2.05, 4.69) is 58.4 Å². The molecule has 33 heavy (non-hydrogen) atoms. The molecule has 1 aliphatic heterocycles. The van der Waals surface area contributed by atoms with Crippen LogP contribution in [0.3, 0.4) is 0 Å². The first-order valence-electron chi connectivity index (χ1n) is 11.8. The summed E-state index contributed by atoms with van der Waals surface area (Å²) in [4.78, 5) is 22.8. The van der Waals surface area contributed by atoms with Gasteiger partial charge in [-0.3, -0.25) is 4.79 Å². The summed E-state index contributed by atoms with van der Waals surface area (Å²) in [6.45, 7) is 3.58. The van der Waals surface area contributed by atoms with E-state index in [0.29, 0.717) is 6.42 Å². The van der Waals surface area contributed by atoms with Crippen LogP contribution in [-0.4, -0.2) is 75.1 Å². The Balaban J connectivity index is 1.28. The van der Waals surface area contributed by atoms with Crippen LogP contribution in [0, 0.1) is 0 Å². The molecule has 0 spiro atoms. The van der Waals surface area contributed by atoms with E-state index in [1.807, 2.05) is 25.1 Å². The van der Waals surface area contributed by atoms with Crippen molar-refractivity contribution in [3.8, 4) is 5.75 Å². The Bertz CT molecular complexity index is 1100. The van der Waals surface area contributed by atoms with E-state index in [9.17, 15) is 4.79 Å². The predicted molar refractivity (Wildman–Crippen MR) is 135 cm³/mol. The summed E-state index contributed by atoms with van der Waals surface area (Å²) in [6, 6.07) is 12.7. The van der Waals surface area contributed by atoms with Crippen LogP contribution in [-0.2, 0) is 24.1 Å². The molecule has 1 aromatic heterocycles. The molecule has 0 fully saturated rings. The van der Waals surface area contributed by atoms with Crippen molar-refractivity contribution in [3.63, 3.8) is 0 Å². The Labute approximate surface area is 197 Å². The van der Waals surface area contributed by atoms with Gasteiger partial charge in [0.2, 0.25) is 5.91 Å². The van der Waals surface area contributed by atoms with Crippen molar-refractivity contribution in [3.05, 3.63) is 59.3 Å². The van der Waals surface area contributed by atoms with Gasteiger partial charge in [0.25, 0.3) is 0 Å². The topological polar surface area (TPSA) is 51.8 Å². The zero-order chi connectivity index (χ0) is 23.4. The van der Waals surface area contributed by atoms with Crippen molar-refractivity contribution in [1.82, 2.24) is 14.8 Å². The quantitative estimate of drug-likeness (QED) is 0.542. The number of aromatic amines is 1. The smallest absolute Gasteiger partial charge is 0.227 e. The number of para-hydroxylation sites is 1. The van der Waals surface area contributed by atoms with Crippen molar-refractivity contribution in [2.75, 3.05) is 59.3 Å². The number of hydrogen-bond acceptors (Lipinski definition) is 4. The lowest BCUT2D eigenvalue weighted by molar-refractivity contribution is -0.130. The highest BCUT2D eigenvalue weighted by Crippen LogP contribution is 2.32. The fourth-order valence-corrected chi connectivity index (χ4v) is 4.75. The minimum atomic E-state index is 0.217. The number of benzene rings is 2. The molecule has 0 saturated heterocycles. The molecule has 0 radical (unpaired) electrons. The maximum absolute atomic E-state index is 12.9. The number of fused-ring (bicyclic) bond motifs is 2. The number of H-pyrrole nitrogens is 1. The van der Waals surface area contributed by atoms with E-state index in [1.54, 1.807) is 7.11 Å². The first-order chi connectivity index (χ1) is 16.0. The van der Waals surface area contributed by atoms with Crippen LogP contribution < -0.4 is 9.64 Å². The molecule has 2 aromatic carbocycles. The third-order valence-electron chi connectivity index (χ3n) is 6.73. The number of amides is 1. The summed E-state index contributed by atoms with van der Waals surface area (Å²) in [7, 11) is 7.90. The van der Waals surface area contributed by atoms with Gasteiger partial charge in [0, 0.05) is 50.8 Å². The molecule has 4 rings (SSSR count). The average Bonchev–Trinajstić information content (AvgIpc) is 3.15. The summed E-state index contributed by atoms with van der Waals surface area (Å²) in [5.74, 6) is 1.05. The van der Waals surface area contributed by atoms with Gasteiger partial charge >= 0.3 is 0 Å². The second kappa shape index (κ2) is 10.3. The molecule has 1 N–H and O–H groups in total. The Morgan fingerprint density at radius 1 is 1.09 bits per heavy atom. The predicted octanol–water partition coefficient (Wildman–Crippen LogP) is 3.73. The first kappa shape index (κ1) is 23.2. The molecule has 3 aromatic rings. The number of rotatable bonds is 9. The number of likely N-dealkylation sites (N-methyl/N-ethyl adjacent to an activating group) is 1. The van der Waals surface area contributed by atoms with Crippen LogP contribution in [0.15, 0.2) is 42.6 Å².